The molecule has 2 rings (SSSR count). The molecule has 1 aromatic heterocycles. The quantitative estimate of drug-likeness (QED) is 0.924. The van der Waals surface area contributed by atoms with Crippen LogP contribution in [0.4, 0.5) is 5.82 Å². The second kappa shape index (κ2) is 7.43. The van der Waals surface area contributed by atoms with E-state index < -0.39 is 0 Å². The zero-order valence-electron chi connectivity index (χ0n) is 13.4. The molecule has 0 spiro atoms. The van der Waals surface area contributed by atoms with Gasteiger partial charge in [0.15, 0.2) is 0 Å². The van der Waals surface area contributed by atoms with Gasteiger partial charge in [-0.3, -0.25) is 4.79 Å². The van der Waals surface area contributed by atoms with Gasteiger partial charge in [0, 0.05) is 31.4 Å². The van der Waals surface area contributed by atoms with Crippen molar-refractivity contribution >= 4 is 11.7 Å². The molecule has 1 aliphatic heterocycles. The lowest BCUT2D eigenvalue weighted by Crippen LogP contribution is -2.32. The molecule has 0 bridgehead atoms. The molecule has 4 heteroatoms. The van der Waals surface area contributed by atoms with Gasteiger partial charge in [0.05, 0.1) is 0 Å². The predicted octanol–water partition coefficient (Wildman–Crippen LogP) is 3.41. The molecular formula is C17H27N3O. The molecule has 0 saturated carbocycles. The monoisotopic (exact) mass is 289 g/mol. The zero-order chi connectivity index (χ0) is 15.2. The number of nitrogens with one attached hydrogen (secondary N) is 1. The van der Waals surface area contributed by atoms with Crippen molar-refractivity contribution in [3.05, 3.63) is 23.9 Å². The first-order valence-electron chi connectivity index (χ1n) is 8.11. The summed E-state index contributed by atoms with van der Waals surface area (Å²) in [5.74, 6) is 2.37. The van der Waals surface area contributed by atoms with E-state index in [0.29, 0.717) is 5.92 Å². The Balaban J connectivity index is 2.04. The second-order valence-corrected chi connectivity index (χ2v) is 6.19. The summed E-state index contributed by atoms with van der Waals surface area (Å²) < 4.78 is 0. The Bertz CT molecular complexity index is 473. The number of aromatic nitrogens is 1. The van der Waals surface area contributed by atoms with Crippen LogP contribution in [0.25, 0.3) is 0 Å². The highest BCUT2D eigenvalue weighted by atomic mass is 16.2. The van der Waals surface area contributed by atoms with Crippen molar-refractivity contribution in [2.45, 2.75) is 40.0 Å². The normalized spacial score (nSPS) is 19.4. The van der Waals surface area contributed by atoms with Crippen LogP contribution in [0.15, 0.2) is 18.3 Å². The molecule has 1 atom stereocenters. The van der Waals surface area contributed by atoms with Gasteiger partial charge in [-0.05, 0) is 50.2 Å². The summed E-state index contributed by atoms with van der Waals surface area (Å²) in [7, 11) is 0. The molecule has 21 heavy (non-hydrogen) atoms. The predicted molar refractivity (Wildman–Crippen MR) is 86.5 cm³/mol. The van der Waals surface area contributed by atoms with Gasteiger partial charge in [0.1, 0.15) is 5.82 Å². The minimum absolute atomic E-state index is 0.140. The summed E-state index contributed by atoms with van der Waals surface area (Å²) >= 11 is 0. The molecule has 0 aliphatic carbocycles. The number of hydrogen-bond acceptors (Lipinski definition) is 3. The molecule has 116 valence electrons. The standard InChI is InChI=1S/C17H27N3O/c1-4-18-16-12-15(7-9-19-16)17(21)20-10-5-6-14(8-11-20)13(2)3/h7,9,12-14H,4-6,8,10-11H2,1-3H3,(H,18,19). The van der Waals surface area contributed by atoms with Crippen molar-refractivity contribution in [3.63, 3.8) is 0 Å². The third-order valence-electron chi connectivity index (χ3n) is 4.37. The molecule has 4 nitrogen and oxygen atoms in total. The van der Waals surface area contributed by atoms with Crippen molar-refractivity contribution in [3.8, 4) is 0 Å². The van der Waals surface area contributed by atoms with Crippen LogP contribution in [-0.4, -0.2) is 35.4 Å². The number of nitrogens with zero attached hydrogens (tertiary/aromatic N) is 2. The highest BCUT2D eigenvalue weighted by Gasteiger charge is 2.23. The van der Waals surface area contributed by atoms with Gasteiger partial charge in [0.2, 0.25) is 0 Å². The largest absolute Gasteiger partial charge is 0.370 e. The molecule has 0 radical (unpaired) electrons. The van der Waals surface area contributed by atoms with Crippen LogP contribution in [0, 0.1) is 11.8 Å². The zero-order valence-corrected chi connectivity index (χ0v) is 13.4. The van der Waals surface area contributed by atoms with E-state index in [0.717, 1.165) is 49.8 Å². The molecule has 1 saturated heterocycles. The van der Waals surface area contributed by atoms with Crippen LogP contribution in [0.3, 0.4) is 0 Å². The Kier molecular flexibility index (Phi) is 5.59. The van der Waals surface area contributed by atoms with Gasteiger partial charge >= 0.3 is 0 Å². The fraction of sp³-hybridized carbons (Fsp3) is 0.647. The van der Waals surface area contributed by atoms with E-state index in [1.807, 2.05) is 24.0 Å². The van der Waals surface area contributed by atoms with Crippen molar-refractivity contribution in [2.75, 3.05) is 25.0 Å². The number of rotatable bonds is 4. The van der Waals surface area contributed by atoms with Crippen LogP contribution in [-0.2, 0) is 0 Å². The molecule has 1 N–H and O–H groups in total. The topological polar surface area (TPSA) is 45.2 Å². The van der Waals surface area contributed by atoms with Crippen LogP contribution in [0.2, 0.25) is 0 Å². The summed E-state index contributed by atoms with van der Waals surface area (Å²) in [6.07, 6.45) is 5.18. The molecular weight excluding hydrogens is 262 g/mol. The Morgan fingerprint density at radius 3 is 2.95 bits per heavy atom. The van der Waals surface area contributed by atoms with Crippen molar-refractivity contribution in [2.24, 2.45) is 11.8 Å². The molecule has 2 heterocycles. The smallest absolute Gasteiger partial charge is 0.254 e. The van der Waals surface area contributed by atoms with E-state index in [-0.39, 0.29) is 5.91 Å². The number of hydrogen-bond donors (Lipinski definition) is 1. The van der Waals surface area contributed by atoms with Gasteiger partial charge in [0.25, 0.3) is 5.91 Å². The highest BCUT2D eigenvalue weighted by molar-refractivity contribution is 5.94. The molecule has 1 unspecified atom stereocenters. The van der Waals surface area contributed by atoms with E-state index in [1.54, 1.807) is 6.20 Å². The van der Waals surface area contributed by atoms with Gasteiger partial charge in [-0.1, -0.05) is 13.8 Å². The summed E-state index contributed by atoms with van der Waals surface area (Å²) in [6, 6.07) is 3.67. The maximum absolute atomic E-state index is 12.7. The third kappa shape index (κ3) is 4.19. The number of amides is 1. The van der Waals surface area contributed by atoms with E-state index in [4.69, 9.17) is 0 Å². The first-order chi connectivity index (χ1) is 10.1. The maximum atomic E-state index is 12.7. The lowest BCUT2D eigenvalue weighted by atomic mass is 9.89. The average molecular weight is 289 g/mol. The minimum Gasteiger partial charge on any atom is -0.370 e. The first kappa shape index (κ1) is 15.8. The Morgan fingerprint density at radius 2 is 2.24 bits per heavy atom. The van der Waals surface area contributed by atoms with Crippen molar-refractivity contribution in [1.29, 1.82) is 0 Å². The van der Waals surface area contributed by atoms with Crippen molar-refractivity contribution < 1.29 is 4.79 Å². The summed E-state index contributed by atoms with van der Waals surface area (Å²) in [6.45, 7) is 9.16. The summed E-state index contributed by atoms with van der Waals surface area (Å²) in [5.41, 5.74) is 0.740. The van der Waals surface area contributed by atoms with Gasteiger partial charge < -0.3 is 10.2 Å². The Labute approximate surface area is 127 Å². The van der Waals surface area contributed by atoms with Crippen molar-refractivity contribution in [1.82, 2.24) is 9.88 Å². The van der Waals surface area contributed by atoms with E-state index in [2.05, 4.69) is 24.1 Å². The van der Waals surface area contributed by atoms with Crippen LogP contribution >= 0.6 is 0 Å². The number of carbonyl (C=O) groups is 1. The SMILES string of the molecule is CCNc1cc(C(=O)N2CCCC(C(C)C)CC2)ccn1. The Hall–Kier alpha value is -1.58. The van der Waals surface area contributed by atoms with Crippen LogP contribution in [0.5, 0.6) is 0 Å². The number of anilines is 1. The van der Waals surface area contributed by atoms with E-state index in [1.165, 1.54) is 6.42 Å². The van der Waals surface area contributed by atoms with E-state index in [9.17, 15) is 4.79 Å². The lowest BCUT2D eigenvalue weighted by Gasteiger charge is -2.22. The minimum atomic E-state index is 0.140. The number of likely N-dealkylation sites (tertiary alicyclic amines) is 1. The third-order valence-corrected chi connectivity index (χ3v) is 4.37. The number of carbonyl (C=O) groups excluding carboxylic acids is 1. The average Bonchev–Trinajstić information content (AvgIpc) is 2.73. The molecule has 1 amide bonds. The van der Waals surface area contributed by atoms with Crippen LogP contribution in [0.1, 0.15) is 50.4 Å². The Morgan fingerprint density at radius 1 is 1.43 bits per heavy atom. The fourth-order valence-electron chi connectivity index (χ4n) is 3.02. The molecule has 0 aromatic carbocycles. The van der Waals surface area contributed by atoms with E-state index >= 15 is 0 Å². The number of pyridine rings is 1. The summed E-state index contributed by atoms with van der Waals surface area (Å²) in [5, 5.41) is 3.16. The highest BCUT2D eigenvalue weighted by Crippen LogP contribution is 2.25. The fourth-order valence-corrected chi connectivity index (χ4v) is 3.02. The molecule has 1 aromatic rings. The molecule has 1 fully saturated rings. The van der Waals surface area contributed by atoms with Gasteiger partial charge in [-0.2, -0.15) is 0 Å². The van der Waals surface area contributed by atoms with Gasteiger partial charge in [-0.25, -0.2) is 4.98 Å². The lowest BCUT2D eigenvalue weighted by molar-refractivity contribution is 0.0758. The first-order valence-corrected chi connectivity index (χ1v) is 8.11. The van der Waals surface area contributed by atoms with Crippen LogP contribution < -0.4 is 5.32 Å². The summed E-state index contributed by atoms with van der Waals surface area (Å²) in [4.78, 5) is 18.9. The van der Waals surface area contributed by atoms with Gasteiger partial charge in [-0.15, -0.1) is 0 Å². The second-order valence-electron chi connectivity index (χ2n) is 6.19. The maximum Gasteiger partial charge on any atom is 0.254 e. The molecule has 1 aliphatic rings.